The zero-order valence-corrected chi connectivity index (χ0v) is 18.3. The molecule has 10 heteroatoms. The van der Waals surface area contributed by atoms with Gasteiger partial charge in [-0.3, -0.25) is 0 Å². The summed E-state index contributed by atoms with van der Waals surface area (Å²) in [5.41, 5.74) is 0.630. The monoisotopic (exact) mass is 462 g/mol. The number of anilines is 1. The van der Waals surface area contributed by atoms with Crippen molar-refractivity contribution in [2.75, 3.05) is 17.3 Å². The zero-order chi connectivity index (χ0) is 21.7. The van der Waals surface area contributed by atoms with Crippen molar-refractivity contribution in [3.63, 3.8) is 0 Å². The Morgan fingerprint density at radius 3 is 2.62 bits per heavy atom. The highest BCUT2D eigenvalue weighted by molar-refractivity contribution is 7.98. The fourth-order valence-corrected chi connectivity index (χ4v) is 3.44. The summed E-state index contributed by atoms with van der Waals surface area (Å²) in [4.78, 5) is 15.1. The molecule has 2 rings (SSSR count). The summed E-state index contributed by atoms with van der Waals surface area (Å²) in [5.74, 6) is -1.57. The number of nitrogens with one attached hydrogen (secondary N) is 1. The van der Waals surface area contributed by atoms with Gasteiger partial charge in [0.15, 0.2) is 11.6 Å². The number of hydrogen-bond donors (Lipinski definition) is 3. The van der Waals surface area contributed by atoms with Crippen molar-refractivity contribution in [2.24, 2.45) is 0 Å². The maximum Gasteiger partial charge on any atom is 0.326 e. The van der Waals surface area contributed by atoms with Crippen molar-refractivity contribution in [3.05, 3.63) is 39.8 Å². The molecule has 1 heterocycles. The molecule has 1 aromatic carbocycles. The highest BCUT2D eigenvalue weighted by Crippen LogP contribution is 2.42. The van der Waals surface area contributed by atoms with Crippen molar-refractivity contribution < 1.29 is 24.1 Å². The lowest BCUT2D eigenvalue weighted by Gasteiger charge is -2.18. The number of ether oxygens (including phenoxy) is 1. The maximum absolute atomic E-state index is 14.3. The van der Waals surface area contributed by atoms with Gasteiger partial charge in [-0.1, -0.05) is 37.0 Å². The Morgan fingerprint density at radius 1 is 1.34 bits per heavy atom. The normalized spacial score (nSPS) is 12.1. The second-order valence-electron chi connectivity index (χ2n) is 6.50. The summed E-state index contributed by atoms with van der Waals surface area (Å²) in [6.45, 7) is 3.79. The van der Waals surface area contributed by atoms with Crippen LogP contribution in [0.5, 0.6) is 17.2 Å². The van der Waals surface area contributed by atoms with Gasteiger partial charge in [-0.25, -0.2) is 4.79 Å². The van der Waals surface area contributed by atoms with Gasteiger partial charge in [-0.15, -0.1) is 0 Å². The number of rotatable bonds is 9. The minimum atomic E-state index is -1.12. The molecule has 0 aliphatic carbocycles. The largest absolute Gasteiger partial charge is 0.508 e. The van der Waals surface area contributed by atoms with Crippen LogP contribution in [-0.4, -0.2) is 39.2 Å². The quantitative estimate of drug-likeness (QED) is 0.407. The number of aromatic nitrogens is 1. The van der Waals surface area contributed by atoms with Gasteiger partial charge in [0, 0.05) is 5.56 Å². The van der Waals surface area contributed by atoms with Crippen molar-refractivity contribution in [1.29, 1.82) is 0 Å². The standard InChI is InChI=1S/C19H21Cl2FN2O4S/c1-9(2)11-8-10(4-5-13(11)25)28-16-14(20)17(22)24-18(15(16)21)23-12(19(26)27)6-7-29-3/h4-5,8-9,12,25H,6-7H2,1-3H3,(H,23,24)(H,26,27). The average molecular weight is 463 g/mol. The number of nitrogens with zero attached hydrogens (tertiary/aromatic N) is 1. The molecule has 2 aromatic rings. The number of phenols is 1. The number of aliphatic carboxylic acids is 1. The van der Waals surface area contributed by atoms with E-state index in [1.807, 2.05) is 20.1 Å². The number of carboxylic acid groups (broad SMARTS) is 1. The van der Waals surface area contributed by atoms with E-state index in [1.54, 1.807) is 6.07 Å². The van der Waals surface area contributed by atoms with Crippen molar-refractivity contribution in [1.82, 2.24) is 4.98 Å². The molecule has 0 radical (unpaired) electrons. The second-order valence-corrected chi connectivity index (χ2v) is 8.24. The van der Waals surface area contributed by atoms with E-state index < -0.39 is 23.0 Å². The van der Waals surface area contributed by atoms with Crippen molar-refractivity contribution in [2.45, 2.75) is 32.2 Å². The van der Waals surface area contributed by atoms with E-state index in [0.717, 1.165) is 0 Å². The Labute approximate surface area is 182 Å². The molecule has 1 unspecified atom stereocenters. The van der Waals surface area contributed by atoms with Crippen LogP contribution in [0.3, 0.4) is 0 Å². The molecule has 0 bridgehead atoms. The molecule has 1 aromatic heterocycles. The average Bonchev–Trinajstić information content (AvgIpc) is 2.66. The third kappa shape index (κ3) is 5.81. The first kappa shape index (κ1) is 23.4. The molecular formula is C19H21Cl2FN2O4S. The van der Waals surface area contributed by atoms with E-state index in [0.29, 0.717) is 11.3 Å². The van der Waals surface area contributed by atoms with Gasteiger partial charge < -0.3 is 20.3 Å². The Balaban J connectivity index is 2.40. The lowest BCUT2D eigenvalue weighted by atomic mass is 10.0. The Hall–Kier alpha value is -1.90. The third-order valence-corrected chi connectivity index (χ3v) is 5.38. The number of halogens is 3. The van der Waals surface area contributed by atoms with E-state index in [9.17, 15) is 19.4 Å². The molecular weight excluding hydrogens is 442 g/mol. The van der Waals surface area contributed by atoms with Gasteiger partial charge in [-0.05, 0) is 42.5 Å². The van der Waals surface area contributed by atoms with Gasteiger partial charge in [-0.2, -0.15) is 21.1 Å². The minimum absolute atomic E-state index is 0.0173. The molecule has 1 atom stereocenters. The molecule has 6 nitrogen and oxygen atoms in total. The van der Waals surface area contributed by atoms with E-state index in [1.165, 1.54) is 23.9 Å². The molecule has 0 aliphatic rings. The summed E-state index contributed by atoms with van der Waals surface area (Å²) < 4.78 is 20.0. The van der Waals surface area contributed by atoms with Crippen molar-refractivity contribution in [3.8, 4) is 17.2 Å². The van der Waals surface area contributed by atoms with Crippen LogP contribution in [0.15, 0.2) is 18.2 Å². The van der Waals surface area contributed by atoms with Crippen LogP contribution in [0.1, 0.15) is 31.7 Å². The van der Waals surface area contributed by atoms with Gasteiger partial charge >= 0.3 is 5.97 Å². The van der Waals surface area contributed by atoms with Crippen LogP contribution in [0.2, 0.25) is 10.0 Å². The first-order chi connectivity index (χ1) is 13.6. The lowest BCUT2D eigenvalue weighted by Crippen LogP contribution is -2.30. The smallest absolute Gasteiger partial charge is 0.326 e. The number of aromatic hydroxyl groups is 1. The Kier molecular flexibility index (Phi) is 8.24. The van der Waals surface area contributed by atoms with E-state index in [2.05, 4.69) is 10.3 Å². The number of carbonyl (C=O) groups is 1. The summed E-state index contributed by atoms with van der Waals surface area (Å²) in [6, 6.07) is 3.52. The summed E-state index contributed by atoms with van der Waals surface area (Å²) in [6.07, 6.45) is 2.13. The molecule has 0 aliphatic heterocycles. The third-order valence-electron chi connectivity index (χ3n) is 4.06. The fraction of sp³-hybridized carbons (Fsp3) is 0.368. The highest BCUT2D eigenvalue weighted by Gasteiger charge is 2.24. The minimum Gasteiger partial charge on any atom is -0.508 e. The predicted octanol–water partition coefficient (Wildman–Crippen LogP) is 5.77. The number of pyridine rings is 1. The van der Waals surface area contributed by atoms with Crippen LogP contribution in [0, 0.1) is 5.95 Å². The zero-order valence-electron chi connectivity index (χ0n) is 16.0. The number of thioether (sulfide) groups is 1. The Bertz CT molecular complexity index is 899. The predicted molar refractivity (Wildman–Crippen MR) is 115 cm³/mol. The Morgan fingerprint density at radius 2 is 2.03 bits per heavy atom. The van der Waals surface area contributed by atoms with Gasteiger partial charge in [0.25, 0.3) is 0 Å². The molecule has 29 heavy (non-hydrogen) atoms. The number of hydrogen-bond acceptors (Lipinski definition) is 6. The molecule has 0 saturated carbocycles. The first-order valence-corrected chi connectivity index (χ1v) is 10.8. The number of benzene rings is 1. The maximum atomic E-state index is 14.3. The molecule has 0 saturated heterocycles. The molecule has 3 N–H and O–H groups in total. The molecule has 0 amide bonds. The summed E-state index contributed by atoms with van der Waals surface area (Å²) in [7, 11) is 0. The van der Waals surface area contributed by atoms with Gasteiger partial charge in [0.2, 0.25) is 5.95 Å². The SMILES string of the molecule is CSCCC(Nc1nc(F)c(Cl)c(Oc2ccc(O)c(C(C)C)c2)c1Cl)C(=O)O. The van der Waals surface area contributed by atoms with E-state index in [-0.39, 0.29) is 40.4 Å². The van der Waals surface area contributed by atoms with E-state index in [4.69, 9.17) is 27.9 Å². The highest BCUT2D eigenvalue weighted by atomic mass is 35.5. The molecule has 158 valence electrons. The van der Waals surface area contributed by atoms with Crippen molar-refractivity contribution >= 4 is 46.8 Å². The van der Waals surface area contributed by atoms with Crippen LogP contribution >= 0.6 is 35.0 Å². The molecule has 0 fully saturated rings. The van der Waals surface area contributed by atoms with Crippen LogP contribution < -0.4 is 10.1 Å². The van der Waals surface area contributed by atoms with Crippen LogP contribution in [0.25, 0.3) is 0 Å². The van der Waals surface area contributed by atoms with Gasteiger partial charge in [0.05, 0.1) is 0 Å². The van der Waals surface area contributed by atoms with Crippen LogP contribution in [0.4, 0.5) is 10.2 Å². The number of phenolic OH excluding ortho intramolecular Hbond substituents is 1. The fourth-order valence-electron chi connectivity index (χ4n) is 2.51. The van der Waals surface area contributed by atoms with Crippen LogP contribution in [-0.2, 0) is 4.79 Å². The van der Waals surface area contributed by atoms with Gasteiger partial charge in [0.1, 0.15) is 27.6 Å². The summed E-state index contributed by atoms with van der Waals surface area (Å²) in [5, 5.41) is 21.4. The summed E-state index contributed by atoms with van der Waals surface area (Å²) >= 11 is 13.8. The lowest BCUT2D eigenvalue weighted by molar-refractivity contribution is -0.137. The molecule has 0 spiro atoms. The second kappa shape index (κ2) is 10.2. The first-order valence-electron chi connectivity index (χ1n) is 8.69. The van der Waals surface area contributed by atoms with E-state index >= 15 is 0 Å². The number of carboxylic acids is 1. The topological polar surface area (TPSA) is 91.7 Å².